The summed E-state index contributed by atoms with van der Waals surface area (Å²) < 4.78 is 13.1. The predicted octanol–water partition coefficient (Wildman–Crippen LogP) is 9.88. The first-order valence-electron chi connectivity index (χ1n) is 16.1. The van der Waals surface area contributed by atoms with Crippen LogP contribution in [0.4, 0.5) is 5.69 Å². The minimum atomic E-state index is -0.788. The fraction of sp³-hybridized carbons (Fsp3) is 0.268. The average molecular weight is 578 g/mol. The highest BCUT2D eigenvalue weighted by Crippen LogP contribution is 2.61. The van der Waals surface area contributed by atoms with E-state index in [1.165, 1.54) is 77.1 Å². The van der Waals surface area contributed by atoms with Gasteiger partial charge in [0.05, 0.1) is 7.11 Å². The van der Waals surface area contributed by atoms with Crippen molar-refractivity contribution in [2.75, 3.05) is 26.1 Å². The number of hydrogen-bond donors (Lipinski definition) is 0. The summed E-state index contributed by atoms with van der Waals surface area (Å²) in [7, 11) is 5.87. The Morgan fingerprint density at radius 1 is 0.705 bits per heavy atom. The van der Waals surface area contributed by atoms with Crippen LogP contribution in [0, 0.1) is 0 Å². The number of hydrogen-bond acceptors (Lipinski definition) is 3. The van der Waals surface area contributed by atoms with Gasteiger partial charge in [-0.05, 0) is 70.8 Å². The van der Waals surface area contributed by atoms with Gasteiger partial charge < -0.3 is 14.4 Å². The van der Waals surface area contributed by atoms with Crippen molar-refractivity contribution in [1.82, 2.24) is 0 Å². The van der Waals surface area contributed by atoms with Crippen LogP contribution in [-0.2, 0) is 11.0 Å². The van der Waals surface area contributed by atoms with Crippen LogP contribution in [0.1, 0.15) is 66.3 Å². The Labute approximate surface area is 260 Å². The summed E-state index contributed by atoms with van der Waals surface area (Å²) in [6.07, 6.45) is 12.2. The summed E-state index contributed by atoms with van der Waals surface area (Å²) >= 11 is 0. The number of benzene rings is 5. The molecule has 220 valence electrons. The van der Waals surface area contributed by atoms with Crippen LogP contribution in [0.5, 0.6) is 11.5 Å². The zero-order valence-electron chi connectivity index (χ0n) is 25.9. The van der Waals surface area contributed by atoms with E-state index in [-0.39, 0.29) is 5.41 Å². The van der Waals surface area contributed by atoms with Gasteiger partial charge in [0.1, 0.15) is 11.5 Å². The number of fused-ring (bicyclic) bond motifs is 10. The van der Waals surface area contributed by atoms with Gasteiger partial charge in [-0.3, -0.25) is 0 Å². The Balaban J connectivity index is 1.41. The minimum Gasteiger partial charge on any atom is -0.497 e. The summed E-state index contributed by atoms with van der Waals surface area (Å²) in [4.78, 5) is 2.14. The molecule has 1 atom stereocenters. The molecule has 0 bridgehead atoms. The van der Waals surface area contributed by atoms with Crippen LogP contribution in [0.15, 0.2) is 103 Å². The smallest absolute Gasteiger partial charge is 0.178 e. The van der Waals surface area contributed by atoms with Crippen molar-refractivity contribution < 1.29 is 9.47 Å². The number of methoxy groups -OCH3 is 1. The molecule has 1 heterocycles. The molecule has 5 aromatic rings. The van der Waals surface area contributed by atoms with Crippen molar-refractivity contribution in [3.63, 3.8) is 0 Å². The van der Waals surface area contributed by atoms with E-state index in [4.69, 9.17) is 9.47 Å². The van der Waals surface area contributed by atoms with Gasteiger partial charge in [-0.15, -0.1) is 0 Å². The van der Waals surface area contributed by atoms with Crippen LogP contribution < -0.4 is 14.4 Å². The molecule has 0 saturated heterocycles. The van der Waals surface area contributed by atoms with E-state index < -0.39 is 5.60 Å². The lowest BCUT2D eigenvalue weighted by atomic mass is 9.70. The molecule has 0 amide bonds. The SMILES string of the molecule is COc1ccc(C2(c3ccc(N(C)C)cc3)C=Cc3c4c(c5ccccc5c3O2)-c2ccccc2C42CCCCCC2)cc1. The first kappa shape index (κ1) is 27.1. The second-order valence-corrected chi connectivity index (χ2v) is 12.9. The molecule has 3 nitrogen and oxygen atoms in total. The Morgan fingerprint density at radius 2 is 1.34 bits per heavy atom. The van der Waals surface area contributed by atoms with E-state index in [1.54, 1.807) is 7.11 Å². The molecule has 1 unspecified atom stereocenters. The van der Waals surface area contributed by atoms with E-state index in [2.05, 4.69) is 116 Å². The Bertz CT molecular complexity index is 1890. The van der Waals surface area contributed by atoms with Crippen molar-refractivity contribution in [1.29, 1.82) is 0 Å². The first-order valence-corrected chi connectivity index (χ1v) is 16.1. The lowest BCUT2D eigenvalue weighted by Gasteiger charge is -2.39. The van der Waals surface area contributed by atoms with Gasteiger partial charge in [0.15, 0.2) is 5.60 Å². The summed E-state index contributed by atoms with van der Waals surface area (Å²) in [6, 6.07) is 35.3. The maximum atomic E-state index is 7.53. The molecule has 1 aliphatic heterocycles. The number of nitrogens with zero attached hydrogens (tertiary/aromatic N) is 1. The minimum absolute atomic E-state index is 0.0116. The molecule has 1 saturated carbocycles. The largest absolute Gasteiger partial charge is 0.497 e. The van der Waals surface area contributed by atoms with Crippen molar-refractivity contribution in [2.45, 2.75) is 49.5 Å². The third kappa shape index (κ3) is 3.88. The molecule has 3 aliphatic rings. The van der Waals surface area contributed by atoms with Crippen molar-refractivity contribution >= 4 is 22.5 Å². The van der Waals surface area contributed by atoms with E-state index in [0.717, 1.165) is 28.3 Å². The van der Waals surface area contributed by atoms with Crippen molar-refractivity contribution in [3.8, 4) is 22.6 Å². The van der Waals surface area contributed by atoms with Gasteiger partial charge in [0, 0.05) is 47.3 Å². The van der Waals surface area contributed by atoms with Crippen LogP contribution >= 0.6 is 0 Å². The van der Waals surface area contributed by atoms with Gasteiger partial charge in [-0.2, -0.15) is 0 Å². The zero-order chi connectivity index (χ0) is 29.9. The second-order valence-electron chi connectivity index (χ2n) is 12.9. The Kier molecular flexibility index (Phi) is 6.34. The van der Waals surface area contributed by atoms with E-state index >= 15 is 0 Å². The third-order valence-electron chi connectivity index (χ3n) is 10.4. The molecule has 2 aliphatic carbocycles. The van der Waals surface area contributed by atoms with E-state index in [9.17, 15) is 0 Å². The number of rotatable bonds is 4. The van der Waals surface area contributed by atoms with Gasteiger partial charge in [-0.1, -0.05) is 105 Å². The molecule has 0 aromatic heterocycles. The maximum absolute atomic E-state index is 7.53. The molecule has 1 spiro atoms. The molecule has 0 radical (unpaired) electrons. The fourth-order valence-electron chi connectivity index (χ4n) is 8.30. The number of ether oxygens (including phenoxy) is 2. The quantitative estimate of drug-likeness (QED) is 0.212. The van der Waals surface area contributed by atoms with Gasteiger partial charge in [0.25, 0.3) is 0 Å². The number of anilines is 1. The topological polar surface area (TPSA) is 21.7 Å². The molecule has 0 N–H and O–H groups in total. The Morgan fingerprint density at radius 3 is 2.02 bits per heavy atom. The maximum Gasteiger partial charge on any atom is 0.178 e. The molecular formula is C41H39NO2. The average Bonchev–Trinajstić information content (AvgIpc) is 3.18. The highest BCUT2D eigenvalue weighted by atomic mass is 16.5. The first-order chi connectivity index (χ1) is 21.6. The molecule has 44 heavy (non-hydrogen) atoms. The molecule has 8 rings (SSSR count). The Hall–Kier alpha value is -4.50. The highest BCUT2D eigenvalue weighted by Gasteiger charge is 2.48. The molecule has 5 aromatic carbocycles. The predicted molar refractivity (Wildman–Crippen MR) is 182 cm³/mol. The lowest BCUT2D eigenvalue weighted by molar-refractivity contribution is 0.163. The van der Waals surface area contributed by atoms with Gasteiger partial charge in [0.2, 0.25) is 0 Å². The van der Waals surface area contributed by atoms with Crippen molar-refractivity contribution in [2.24, 2.45) is 0 Å². The van der Waals surface area contributed by atoms with Crippen LogP contribution in [-0.4, -0.2) is 21.2 Å². The van der Waals surface area contributed by atoms with E-state index in [0.29, 0.717) is 0 Å². The van der Waals surface area contributed by atoms with Crippen molar-refractivity contribution in [3.05, 3.63) is 131 Å². The zero-order valence-corrected chi connectivity index (χ0v) is 25.9. The summed E-state index contributed by atoms with van der Waals surface area (Å²) in [5, 5.41) is 2.46. The molecular weight excluding hydrogens is 538 g/mol. The summed E-state index contributed by atoms with van der Waals surface area (Å²) in [6.45, 7) is 0. The summed E-state index contributed by atoms with van der Waals surface area (Å²) in [5.74, 6) is 1.83. The van der Waals surface area contributed by atoms with E-state index in [1.807, 2.05) is 12.1 Å². The lowest BCUT2D eigenvalue weighted by Crippen LogP contribution is -2.35. The standard InChI is InChI=1S/C41H39NO2/c1-42(2)30-20-16-28(17-21-30)41(29-18-22-31(43-3)23-19-29)27-24-35-38-37(32-12-6-7-13-33(32)39(35)44-41)34-14-8-9-15-36(34)40(38)25-10-4-5-11-26-40/h6-9,12-24,27H,4-5,10-11,25-26H2,1-3H3. The summed E-state index contributed by atoms with van der Waals surface area (Å²) in [5.41, 5.74) is 9.64. The highest BCUT2D eigenvalue weighted by molar-refractivity contribution is 6.08. The second kappa shape index (κ2) is 10.3. The monoisotopic (exact) mass is 577 g/mol. The third-order valence-corrected chi connectivity index (χ3v) is 10.4. The van der Waals surface area contributed by atoms with Crippen LogP contribution in [0.25, 0.3) is 28.0 Å². The van der Waals surface area contributed by atoms with Gasteiger partial charge >= 0.3 is 0 Å². The molecule has 3 heteroatoms. The normalized spacial score (nSPS) is 19.5. The fourth-order valence-corrected chi connectivity index (χ4v) is 8.30. The van der Waals surface area contributed by atoms with Gasteiger partial charge in [-0.25, -0.2) is 0 Å². The van der Waals surface area contributed by atoms with Crippen LogP contribution in [0.3, 0.4) is 0 Å². The molecule has 1 fully saturated rings. The van der Waals surface area contributed by atoms with Crippen LogP contribution in [0.2, 0.25) is 0 Å².